The van der Waals surface area contributed by atoms with Crippen LogP contribution in [0.4, 0.5) is 0 Å². The minimum atomic E-state index is -0.297. The van der Waals surface area contributed by atoms with Crippen molar-refractivity contribution in [3.63, 3.8) is 0 Å². The van der Waals surface area contributed by atoms with E-state index in [2.05, 4.69) is 13.0 Å². The van der Waals surface area contributed by atoms with Crippen LogP contribution in [-0.2, 0) is 9.53 Å². The highest BCUT2D eigenvalue weighted by Crippen LogP contribution is 1.89. The van der Waals surface area contributed by atoms with E-state index in [1.54, 1.807) is 13.0 Å². The molecule has 0 heterocycles. The molecule has 0 radical (unpaired) electrons. The Morgan fingerprint density at radius 3 is 2.50 bits per heavy atom. The predicted molar refractivity (Wildman–Crippen MR) is 59.0 cm³/mol. The minimum absolute atomic E-state index is 0.297. The number of hydrogen-bond donors (Lipinski definition) is 0. The van der Waals surface area contributed by atoms with Crippen LogP contribution < -0.4 is 0 Å². The summed E-state index contributed by atoms with van der Waals surface area (Å²) in [5.41, 5.74) is 0. The molecular formula is C12H18O2. The molecule has 0 unspecified atom stereocenters. The molecule has 0 fully saturated rings. The highest BCUT2D eigenvalue weighted by molar-refractivity contribution is 5.82. The summed E-state index contributed by atoms with van der Waals surface area (Å²) in [5.74, 6) is -0.297. The van der Waals surface area contributed by atoms with Gasteiger partial charge in [-0.15, -0.1) is 0 Å². The first-order valence-electron chi connectivity index (χ1n) is 4.97. The van der Waals surface area contributed by atoms with E-state index >= 15 is 0 Å². The SMILES string of the molecule is CCCC=C/C=C\C=C\C(=O)OCC. The van der Waals surface area contributed by atoms with E-state index in [0.717, 1.165) is 12.8 Å². The maximum absolute atomic E-state index is 10.8. The predicted octanol–water partition coefficient (Wildman–Crippen LogP) is 3.02. The molecule has 0 aliphatic carbocycles. The van der Waals surface area contributed by atoms with Crippen molar-refractivity contribution in [2.45, 2.75) is 26.7 Å². The Bertz CT molecular complexity index is 224. The van der Waals surface area contributed by atoms with Crippen molar-refractivity contribution in [1.29, 1.82) is 0 Å². The fourth-order valence-electron chi connectivity index (χ4n) is 0.794. The van der Waals surface area contributed by atoms with Gasteiger partial charge in [-0.1, -0.05) is 43.7 Å². The molecule has 0 N–H and O–H groups in total. The number of carbonyl (C=O) groups excluding carboxylic acids is 1. The molecule has 2 nitrogen and oxygen atoms in total. The van der Waals surface area contributed by atoms with Crippen molar-refractivity contribution in [3.8, 4) is 0 Å². The molecular weight excluding hydrogens is 176 g/mol. The van der Waals surface area contributed by atoms with Crippen molar-refractivity contribution >= 4 is 5.97 Å². The Labute approximate surface area is 86.0 Å². The zero-order valence-corrected chi connectivity index (χ0v) is 8.90. The molecule has 0 aromatic heterocycles. The van der Waals surface area contributed by atoms with E-state index in [1.165, 1.54) is 6.08 Å². The van der Waals surface area contributed by atoms with E-state index in [4.69, 9.17) is 4.74 Å². The molecule has 0 saturated carbocycles. The molecule has 0 saturated heterocycles. The number of unbranched alkanes of at least 4 members (excludes halogenated alkanes) is 1. The molecule has 0 atom stereocenters. The average Bonchev–Trinajstić information content (AvgIpc) is 2.17. The minimum Gasteiger partial charge on any atom is -0.463 e. The van der Waals surface area contributed by atoms with Gasteiger partial charge in [-0.3, -0.25) is 0 Å². The fourth-order valence-corrected chi connectivity index (χ4v) is 0.794. The lowest BCUT2D eigenvalue weighted by atomic mass is 10.3. The van der Waals surface area contributed by atoms with Crippen molar-refractivity contribution in [1.82, 2.24) is 0 Å². The lowest BCUT2D eigenvalue weighted by molar-refractivity contribution is -0.137. The van der Waals surface area contributed by atoms with Crippen LogP contribution in [0.15, 0.2) is 36.5 Å². The molecule has 0 rings (SSSR count). The maximum Gasteiger partial charge on any atom is 0.330 e. The Hall–Kier alpha value is -1.31. The first kappa shape index (κ1) is 12.7. The van der Waals surface area contributed by atoms with Crippen molar-refractivity contribution in [3.05, 3.63) is 36.5 Å². The highest BCUT2D eigenvalue weighted by atomic mass is 16.5. The second kappa shape index (κ2) is 9.78. The lowest BCUT2D eigenvalue weighted by Crippen LogP contribution is -1.98. The highest BCUT2D eigenvalue weighted by Gasteiger charge is 1.89. The van der Waals surface area contributed by atoms with Gasteiger partial charge in [0.25, 0.3) is 0 Å². The maximum atomic E-state index is 10.8. The van der Waals surface area contributed by atoms with Crippen LogP contribution in [0.5, 0.6) is 0 Å². The van der Waals surface area contributed by atoms with Crippen LogP contribution >= 0.6 is 0 Å². The van der Waals surface area contributed by atoms with Crippen LogP contribution in [0.1, 0.15) is 26.7 Å². The summed E-state index contributed by atoms with van der Waals surface area (Å²) < 4.78 is 4.71. The first-order chi connectivity index (χ1) is 6.81. The number of carbonyl (C=O) groups is 1. The Morgan fingerprint density at radius 2 is 1.86 bits per heavy atom. The van der Waals surface area contributed by atoms with E-state index < -0.39 is 0 Å². The average molecular weight is 194 g/mol. The van der Waals surface area contributed by atoms with Gasteiger partial charge in [0.2, 0.25) is 0 Å². The van der Waals surface area contributed by atoms with Gasteiger partial charge in [-0.2, -0.15) is 0 Å². The number of ether oxygens (including phenoxy) is 1. The summed E-state index contributed by atoms with van der Waals surface area (Å²) in [5, 5.41) is 0. The standard InChI is InChI=1S/C12H18O2/c1-3-5-6-7-8-9-10-11-12(13)14-4-2/h6-11H,3-5H2,1-2H3/b7-6?,9-8-,11-10+. The van der Waals surface area contributed by atoms with Gasteiger partial charge in [0.05, 0.1) is 6.61 Å². The molecule has 14 heavy (non-hydrogen) atoms. The summed E-state index contributed by atoms with van der Waals surface area (Å²) in [6, 6.07) is 0. The van der Waals surface area contributed by atoms with E-state index in [9.17, 15) is 4.79 Å². The molecule has 78 valence electrons. The molecule has 0 amide bonds. The molecule has 0 spiro atoms. The van der Waals surface area contributed by atoms with Gasteiger partial charge in [-0.25, -0.2) is 4.79 Å². The Morgan fingerprint density at radius 1 is 1.14 bits per heavy atom. The third-order valence-electron chi connectivity index (χ3n) is 1.44. The monoisotopic (exact) mass is 194 g/mol. The van der Waals surface area contributed by atoms with Crippen LogP contribution in [0.3, 0.4) is 0 Å². The quantitative estimate of drug-likeness (QED) is 0.369. The van der Waals surface area contributed by atoms with E-state index in [-0.39, 0.29) is 5.97 Å². The summed E-state index contributed by atoms with van der Waals surface area (Å²) in [6.45, 7) is 4.34. The van der Waals surface area contributed by atoms with Gasteiger partial charge >= 0.3 is 5.97 Å². The summed E-state index contributed by atoms with van der Waals surface area (Å²) >= 11 is 0. The van der Waals surface area contributed by atoms with Crippen LogP contribution in [0.25, 0.3) is 0 Å². The van der Waals surface area contributed by atoms with E-state index in [0.29, 0.717) is 6.61 Å². The van der Waals surface area contributed by atoms with Gasteiger partial charge in [-0.05, 0) is 13.3 Å². The number of allylic oxidation sites excluding steroid dienone is 5. The summed E-state index contributed by atoms with van der Waals surface area (Å²) in [4.78, 5) is 10.8. The van der Waals surface area contributed by atoms with Crippen molar-refractivity contribution in [2.75, 3.05) is 6.61 Å². The van der Waals surface area contributed by atoms with Crippen LogP contribution in [0, 0.1) is 0 Å². The van der Waals surface area contributed by atoms with Crippen LogP contribution in [0.2, 0.25) is 0 Å². The third kappa shape index (κ3) is 8.78. The van der Waals surface area contributed by atoms with Crippen molar-refractivity contribution in [2.24, 2.45) is 0 Å². The normalized spacial score (nSPS) is 11.9. The molecule has 0 aromatic carbocycles. The number of rotatable bonds is 6. The Balaban J connectivity index is 3.64. The molecule has 0 aliphatic rings. The van der Waals surface area contributed by atoms with E-state index in [1.807, 2.05) is 18.2 Å². The molecule has 0 bridgehead atoms. The van der Waals surface area contributed by atoms with Crippen molar-refractivity contribution < 1.29 is 9.53 Å². The van der Waals surface area contributed by atoms with Gasteiger partial charge in [0.1, 0.15) is 0 Å². The van der Waals surface area contributed by atoms with Crippen LogP contribution in [-0.4, -0.2) is 12.6 Å². The van der Waals surface area contributed by atoms with Gasteiger partial charge in [0.15, 0.2) is 0 Å². The smallest absolute Gasteiger partial charge is 0.330 e. The number of hydrogen-bond acceptors (Lipinski definition) is 2. The Kier molecular flexibility index (Phi) is 8.86. The lowest BCUT2D eigenvalue weighted by Gasteiger charge is -1.92. The summed E-state index contributed by atoms with van der Waals surface area (Å²) in [6.07, 6.45) is 13.1. The topological polar surface area (TPSA) is 26.3 Å². The summed E-state index contributed by atoms with van der Waals surface area (Å²) in [7, 11) is 0. The molecule has 0 aromatic rings. The van der Waals surface area contributed by atoms with Gasteiger partial charge in [0, 0.05) is 6.08 Å². The number of esters is 1. The second-order valence-corrected chi connectivity index (χ2v) is 2.71. The molecule has 2 heteroatoms. The zero-order chi connectivity index (χ0) is 10.6. The van der Waals surface area contributed by atoms with Gasteiger partial charge < -0.3 is 4.74 Å². The zero-order valence-electron chi connectivity index (χ0n) is 8.90. The second-order valence-electron chi connectivity index (χ2n) is 2.71. The fraction of sp³-hybridized carbons (Fsp3) is 0.417. The third-order valence-corrected chi connectivity index (χ3v) is 1.44. The first-order valence-corrected chi connectivity index (χ1v) is 4.97. The largest absolute Gasteiger partial charge is 0.463 e. The molecule has 0 aliphatic heterocycles.